The number of hydrogen-bond acceptors (Lipinski definition) is 5. The highest BCUT2D eigenvalue weighted by molar-refractivity contribution is 6.30. The largest absolute Gasteiger partial charge is 0.309 e. The molecule has 126 valence electrons. The molecule has 1 saturated carbocycles. The van der Waals surface area contributed by atoms with Gasteiger partial charge in [0.05, 0.1) is 0 Å². The summed E-state index contributed by atoms with van der Waals surface area (Å²) >= 11 is 5.86. The van der Waals surface area contributed by atoms with E-state index in [4.69, 9.17) is 11.6 Å². The van der Waals surface area contributed by atoms with Crippen molar-refractivity contribution in [1.82, 2.24) is 25.2 Å². The molecule has 25 heavy (non-hydrogen) atoms. The lowest BCUT2D eigenvalue weighted by Gasteiger charge is -2.05. The van der Waals surface area contributed by atoms with E-state index < -0.39 is 0 Å². The Hall–Kier alpha value is -2.80. The van der Waals surface area contributed by atoms with Crippen molar-refractivity contribution >= 4 is 23.3 Å². The van der Waals surface area contributed by atoms with E-state index in [1.807, 2.05) is 12.1 Å². The third-order valence-electron chi connectivity index (χ3n) is 3.87. The molecule has 2 heterocycles. The number of carbonyl (C=O) groups excluding carboxylic acids is 1. The summed E-state index contributed by atoms with van der Waals surface area (Å²) in [5, 5.41) is 15.5. The van der Waals surface area contributed by atoms with E-state index in [9.17, 15) is 4.79 Å². The standard InChI is InChI=1S/C17H15ClN6O/c18-13-8-6-12(7-9-13)17-21-23-24(22-17)10-16(25)20-15-3-1-2-14(19-15)11-4-5-11/h1-3,6-9,11H,4-5,10H2,(H,19,20,25). The Morgan fingerprint density at radius 1 is 1.20 bits per heavy atom. The summed E-state index contributed by atoms with van der Waals surface area (Å²) in [5.41, 5.74) is 1.82. The van der Waals surface area contributed by atoms with E-state index in [1.54, 1.807) is 30.3 Å². The van der Waals surface area contributed by atoms with E-state index in [0.29, 0.717) is 22.6 Å². The molecule has 0 atom stereocenters. The van der Waals surface area contributed by atoms with Gasteiger partial charge in [-0.3, -0.25) is 4.79 Å². The summed E-state index contributed by atoms with van der Waals surface area (Å²) in [4.78, 5) is 17.9. The number of aromatic nitrogens is 5. The normalized spacial score (nSPS) is 13.6. The van der Waals surface area contributed by atoms with Crippen molar-refractivity contribution in [2.75, 3.05) is 5.32 Å². The van der Waals surface area contributed by atoms with Gasteiger partial charge in [-0.15, -0.1) is 10.2 Å². The maximum absolute atomic E-state index is 12.2. The number of amides is 1. The number of benzene rings is 1. The number of hydrogen-bond donors (Lipinski definition) is 1. The average molecular weight is 355 g/mol. The Morgan fingerprint density at radius 3 is 2.76 bits per heavy atom. The Morgan fingerprint density at radius 2 is 2.00 bits per heavy atom. The summed E-state index contributed by atoms with van der Waals surface area (Å²) in [6.45, 7) is -0.0318. The number of rotatable bonds is 5. The third-order valence-corrected chi connectivity index (χ3v) is 4.13. The van der Waals surface area contributed by atoms with Crippen LogP contribution in [0.15, 0.2) is 42.5 Å². The fourth-order valence-corrected chi connectivity index (χ4v) is 2.59. The molecule has 8 heteroatoms. The molecule has 1 N–H and O–H groups in total. The van der Waals surface area contributed by atoms with Crippen LogP contribution in [0.4, 0.5) is 5.82 Å². The molecule has 1 aliphatic rings. The van der Waals surface area contributed by atoms with Gasteiger partial charge in [-0.05, 0) is 54.5 Å². The predicted molar refractivity (Wildman–Crippen MR) is 93.1 cm³/mol. The Balaban J connectivity index is 1.41. The first-order valence-electron chi connectivity index (χ1n) is 7.98. The van der Waals surface area contributed by atoms with E-state index in [2.05, 4.69) is 25.7 Å². The van der Waals surface area contributed by atoms with Crippen molar-refractivity contribution in [2.24, 2.45) is 0 Å². The molecule has 0 spiro atoms. The van der Waals surface area contributed by atoms with Gasteiger partial charge in [-0.1, -0.05) is 17.7 Å². The van der Waals surface area contributed by atoms with Gasteiger partial charge in [0, 0.05) is 22.2 Å². The molecule has 2 aromatic heterocycles. The van der Waals surface area contributed by atoms with Crippen LogP contribution in [0.25, 0.3) is 11.4 Å². The smallest absolute Gasteiger partial charge is 0.249 e. The number of pyridine rings is 1. The maximum atomic E-state index is 12.2. The summed E-state index contributed by atoms with van der Waals surface area (Å²) in [6, 6.07) is 12.8. The number of halogens is 1. The number of tetrazole rings is 1. The van der Waals surface area contributed by atoms with Gasteiger partial charge in [0.1, 0.15) is 12.4 Å². The first-order chi connectivity index (χ1) is 12.2. The second kappa shape index (κ2) is 6.60. The second-order valence-corrected chi connectivity index (χ2v) is 6.36. The average Bonchev–Trinajstić information content (AvgIpc) is 3.36. The van der Waals surface area contributed by atoms with E-state index >= 15 is 0 Å². The van der Waals surface area contributed by atoms with Gasteiger partial charge in [0.25, 0.3) is 0 Å². The minimum absolute atomic E-state index is 0.0318. The van der Waals surface area contributed by atoms with Gasteiger partial charge in [-0.25, -0.2) is 4.98 Å². The lowest BCUT2D eigenvalue weighted by atomic mass is 10.2. The van der Waals surface area contributed by atoms with Crippen LogP contribution in [0.5, 0.6) is 0 Å². The van der Waals surface area contributed by atoms with Gasteiger partial charge in [0.2, 0.25) is 11.7 Å². The van der Waals surface area contributed by atoms with Crippen LogP contribution in [0.3, 0.4) is 0 Å². The van der Waals surface area contributed by atoms with Crippen molar-refractivity contribution in [3.63, 3.8) is 0 Å². The van der Waals surface area contributed by atoms with E-state index in [-0.39, 0.29) is 12.5 Å². The molecule has 1 amide bonds. The van der Waals surface area contributed by atoms with Crippen molar-refractivity contribution < 1.29 is 4.79 Å². The molecular formula is C17H15ClN6O. The number of nitrogens with one attached hydrogen (secondary N) is 1. The maximum Gasteiger partial charge on any atom is 0.249 e. The molecule has 0 bridgehead atoms. The van der Waals surface area contributed by atoms with Gasteiger partial charge >= 0.3 is 0 Å². The molecule has 0 unspecified atom stereocenters. The van der Waals surface area contributed by atoms with Crippen LogP contribution < -0.4 is 5.32 Å². The quantitative estimate of drug-likeness (QED) is 0.761. The molecule has 1 fully saturated rings. The fraction of sp³-hybridized carbons (Fsp3) is 0.235. The molecule has 4 rings (SSSR count). The monoisotopic (exact) mass is 354 g/mol. The molecule has 0 aliphatic heterocycles. The first kappa shape index (κ1) is 15.7. The molecule has 3 aromatic rings. The van der Waals surface area contributed by atoms with Crippen LogP contribution in [-0.2, 0) is 11.3 Å². The highest BCUT2D eigenvalue weighted by atomic mass is 35.5. The SMILES string of the molecule is O=C(Cn1nnc(-c2ccc(Cl)cc2)n1)Nc1cccc(C2CC2)n1. The lowest BCUT2D eigenvalue weighted by molar-refractivity contribution is -0.117. The highest BCUT2D eigenvalue weighted by Gasteiger charge is 2.25. The van der Waals surface area contributed by atoms with Crippen molar-refractivity contribution in [3.05, 3.63) is 53.2 Å². The van der Waals surface area contributed by atoms with Crippen molar-refractivity contribution in [3.8, 4) is 11.4 Å². The van der Waals surface area contributed by atoms with Crippen LogP contribution >= 0.6 is 11.6 Å². The first-order valence-corrected chi connectivity index (χ1v) is 8.36. The van der Waals surface area contributed by atoms with Crippen LogP contribution in [0.1, 0.15) is 24.5 Å². The zero-order valence-corrected chi connectivity index (χ0v) is 14.0. The van der Waals surface area contributed by atoms with Crippen LogP contribution in [-0.4, -0.2) is 31.1 Å². The Labute approximate surface area is 149 Å². The van der Waals surface area contributed by atoms with Crippen LogP contribution in [0, 0.1) is 0 Å². The van der Waals surface area contributed by atoms with Crippen molar-refractivity contribution in [2.45, 2.75) is 25.3 Å². The highest BCUT2D eigenvalue weighted by Crippen LogP contribution is 2.39. The molecular weight excluding hydrogens is 340 g/mol. The van der Waals surface area contributed by atoms with E-state index in [1.165, 1.54) is 17.6 Å². The van der Waals surface area contributed by atoms with E-state index in [0.717, 1.165) is 11.3 Å². The molecule has 7 nitrogen and oxygen atoms in total. The second-order valence-electron chi connectivity index (χ2n) is 5.92. The third kappa shape index (κ3) is 3.83. The van der Waals surface area contributed by atoms with Crippen LogP contribution in [0.2, 0.25) is 5.02 Å². The summed E-state index contributed by atoms with van der Waals surface area (Å²) in [7, 11) is 0. The minimum atomic E-state index is -0.250. The zero-order chi connectivity index (χ0) is 17.2. The summed E-state index contributed by atoms with van der Waals surface area (Å²) in [5.74, 6) is 1.28. The van der Waals surface area contributed by atoms with Gasteiger partial charge in [0.15, 0.2) is 0 Å². The Bertz CT molecular complexity index is 904. The molecule has 0 radical (unpaired) electrons. The predicted octanol–water partition coefficient (Wildman–Crippen LogP) is 2.90. The fourth-order valence-electron chi connectivity index (χ4n) is 2.46. The zero-order valence-electron chi connectivity index (χ0n) is 13.3. The summed E-state index contributed by atoms with van der Waals surface area (Å²) < 4.78 is 0. The molecule has 1 aliphatic carbocycles. The summed E-state index contributed by atoms with van der Waals surface area (Å²) in [6.07, 6.45) is 2.33. The van der Waals surface area contributed by atoms with Gasteiger partial charge in [-0.2, -0.15) is 4.80 Å². The van der Waals surface area contributed by atoms with Gasteiger partial charge < -0.3 is 5.32 Å². The minimum Gasteiger partial charge on any atom is -0.309 e. The lowest BCUT2D eigenvalue weighted by Crippen LogP contribution is -2.21. The van der Waals surface area contributed by atoms with Crippen molar-refractivity contribution in [1.29, 1.82) is 0 Å². The molecule has 0 saturated heterocycles. The topological polar surface area (TPSA) is 85.6 Å². The number of anilines is 1. The Kier molecular flexibility index (Phi) is 4.15. The number of carbonyl (C=O) groups is 1. The molecule has 1 aromatic carbocycles. The number of nitrogens with zero attached hydrogens (tertiary/aromatic N) is 5.